The van der Waals surface area contributed by atoms with E-state index in [1.54, 1.807) is 24.1 Å². The van der Waals surface area contributed by atoms with Gasteiger partial charge in [-0.15, -0.1) is 0 Å². The van der Waals surface area contributed by atoms with E-state index in [-0.39, 0.29) is 22.4 Å². The van der Waals surface area contributed by atoms with Crippen LogP contribution in [0.3, 0.4) is 0 Å². The molecule has 0 spiro atoms. The van der Waals surface area contributed by atoms with Crippen LogP contribution in [0.4, 0.5) is 0 Å². The molecule has 0 aliphatic carbocycles. The van der Waals surface area contributed by atoms with Gasteiger partial charge in [-0.25, -0.2) is 0 Å². The van der Waals surface area contributed by atoms with Crippen LogP contribution in [0.2, 0.25) is 0 Å². The Balaban J connectivity index is 2.74. The molecule has 0 radical (unpaired) electrons. The van der Waals surface area contributed by atoms with E-state index >= 15 is 0 Å². The van der Waals surface area contributed by atoms with Crippen molar-refractivity contribution in [2.24, 2.45) is 5.92 Å². The number of aromatic hydroxyl groups is 1. The lowest BCUT2D eigenvalue weighted by atomic mass is 10.1. The number of hydrogen-bond donors (Lipinski definition) is 1. The molecule has 1 N–H and O–H groups in total. The van der Waals surface area contributed by atoms with E-state index in [1.807, 2.05) is 19.9 Å². The van der Waals surface area contributed by atoms with Crippen molar-refractivity contribution in [2.75, 3.05) is 14.2 Å². The second-order valence-corrected chi connectivity index (χ2v) is 5.83. The quantitative estimate of drug-likeness (QED) is 0.845. The number of hydrogen-bond acceptors (Lipinski definition) is 3. The zero-order valence-corrected chi connectivity index (χ0v) is 13.3. The summed E-state index contributed by atoms with van der Waals surface area (Å²) in [5.74, 6) is 0.780. The van der Waals surface area contributed by atoms with Crippen molar-refractivity contribution in [3.63, 3.8) is 0 Å². The Labute approximate surface area is 122 Å². The first-order chi connectivity index (χ1) is 8.86. The fourth-order valence-corrected chi connectivity index (χ4v) is 2.03. The molecule has 1 unspecified atom stereocenters. The van der Waals surface area contributed by atoms with Crippen LogP contribution in [0.15, 0.2) is 18.2 Å². The SMILES string of the molecule is COc1ccc(CN(C)C(=O)C(Br)C(C)C)cc1O. The zero-order valence-electron chi connectivity index (χ0n) is 11.7. The minimum Gasteiger partial charge on any atom is -0.504 e. The van der Waals surface area contributed by atoms with Gasteiger partial charge in [0.2, 0.25) is 5.91 Å². The average Bonchev–Trinajstić information content (AvgIpc) is 2.37. The van der Waals surface area contributed by atoms with Crippen molar-refractivity contribution in [3.05, 3.63) is 23.8 Å². The highest BCUT2D eigenvalue weighted by Crippen LogP contribution is 2.27. The number of phenols is 1. The monoisotopic (exact) mass is 329 g/mol. The molecule has 5 heteroatoms. The number of carbonyl (C=O) groups excluding carboxylic acids is 1. The number of nitrogens with zero attached hydrogens (tertiary/aromatic N) is 1. The molecule has 0 heterocycles. The van der Waals surface area contributed by atoms with Gasteiger partial charge in [0.1, 0.15) is 0 Å². The first-order valence-corrected chi connectivity index (χ1v) is 7.03. The molecule has 106 valence electrons. The van der Waals surface area contributed by atoms with E-state index in [4.69, 9.17) is 4.74 Å². The van der Waals surface area contributed by atoms with Crippen molar-refractivity contribution < 1.29 is 14.6 Å². The summed E-state index contributed by atoms with van der Waals surface area (Å²) < 4.78 is 4.98. The predicted octanol–water partition coefficient (Wildman–Crippen LogP) is 2.78. The van der Waals surface area contributed by atoms with Crippen LogP contribution in [0.25, 0.3) is 0 Å². The lowest BCUT2D eigenvalue weighted by molar-refractivity contribution is -0.130. The molecule has 0 fully saturated rings. The minimum atomic E-state index is -0.190. The van der Waals surface area contributed by atoms with Crippen LogP contribution in [-0.4, -0.2) is 34.9 Å². The first-order valence-electron chi connectivity index (χ1n) is 6.11. The smallest absolute Gasteiger partial charge is 0.236 e. The maximum Gasteiger partial charge on any atom is 0.236 e. The topological polar surface area (TPSA) is 49.8 Å². The van der Waals surface area contributed by atoms with Crippen LogP contribution < -0.4 is 4.74 Å². The summed E-state index contributed by atoms with van der Waals surface area (Å²) in [7, 11) is 3.25. The van der Waals surface area contributed by atoms with E-state index < -0.39 is 0 Å². The van der Waals surface area contributed by atoms with E-state index in [1.165, 1.54) is 7.11 Å². The van der Waals surface area contributed by atoms with Gasteiger partial charge in [-0.2, -0.15) is 0 Å². The number of methoxy groups -OCH3 is 1. The van der Waals surface area contributed by atoms with E-state index in [0.29, 0.717) is 12.3 Å². The molecule has 0 bridgehead atoms. The third-order valence-electron chi connectivity index (χ3n) is 2.86. The molecule has 0 aliphatic rings. The van der Waals surface area contributed by atoms with Crippen LogP contribution in [0.5, 0.6) is 11.5 Å². The average molecular weight is 330 g/mol. The van der Waals surface area contributed by atoms with Gasteiger partial charge in [0.05, 0.1) is 11.9 Å². The Bertz CT molecular complexity index is 448. The molecule has 1 amide bonds. The van der Waals surface area contributed by atoms with Crippen molar-refractivity contribution in [1.82, 2.24) is 4.90 Å². The van der Waals surface area contributed by atoms with Gasteiger partial charge in [-0.1, -0.05) is 35.8 Å². The van der Waals surface area contributed by atoms with Crippen LogP contribution in [-0.2, 0) is 11.3 Å². The normalized spacial score (nSPS) is 12.3. The molecule has 0 aromatic heterocycles. The number of halogens is 1. The zero-order chi connectivity index (χ0) is 14.6. The summed E-state index contributed by atoms with van der Waals surface area (Å²) >= 11 is 3.40. The van der Waals surface area contributed by atoms with Gasteiger partial charge >= 0.3 is 0 Å². The molecule has 1 aromatic rings. The number of carbonyl (C=O) groups is 1. The van der Waals surface area contributed by atoms with Crippen LogP contribution in [0, 0.1) is 5.92 Å². The fourth-order valence-electron chi connectivity index (χ4n) is 1.68. The first kappa shape index (κ1) is 15.8. The van der Waals surface area contributed by atoms with E-state index in [2.05, 4.69) is 15.9 Å². The maximum atomic E-state index is 12.1. The summed E-state index contributed by atoms with van der Waals surface area (Å²) in [6.07, 6.45) is 0. The summed E-state index contributed by atoms with van der Waals surface area (Å²) in [6, 6.07) is 5.14. The van der Waals surface area contributed by atoms with Gasteiger partial charge in [0.15, 0.2) is 11.5 Å². The Morgan fingerprint density at radius 3 is 2.58 bits per heavy atom. The molecule has 0 aliphatic heterocycles. The van der Waals surface area contributed by atoms with Crippen molar-refractivity contribution in [2.45, 2.75) is 25.2 Å². The summed E-state index contributed by atoms with van der Waals surface area (Å²) in [5.41, 5.74) is 0.859. The highest BCUT2D eigenvalue weighted by Gasteiger charge is 2.22. The highest BCUT2D eigenvalue weighted by molar-refractivity contribution is 9.10. The Hall–Kier alpha value is -1.23. The number of phenolic OH excluding ortho intramolecular Hbond substituents is 1. The number of ether oxygens (including phenoxy) is 1. The van der Waals surface area contributed by atoms with Gasteiger partial charge in [0.25, 0.3) is 0 Å². The van der Waals surface area contributed by atoms with Crippen molar-refractivity contribution in [1.29, 1.82) is 0 Å². The van der Waals surface area contributed by atoms with Gasteiger partial charge in [-0.3, -0.25) is 4.79 Å². The molecule has 1 aromatic carbocycles. The molecule has 1 atom stereocenters. The van der Waals surface area contributed by atoms with Crippen LogP contribution >= 0.6 is 15.9 Å². The largest absolute Gasteiger partial charge is 0.504 e. The van der Waals surface area contributed by atoms with Gasteiger partial charge in [-0.05, 0) is 23.6 Å². The fraction of sp³-hybridized carbons (Fsp3) is 0.500. The van der Waals surface area contributed by atoms with Crippen LogP contribution in [0.1, 0.15) is 19.4 Å². The number of alkyl halides is 1. The third-order valence-corrected chi connectivity index (χ3v) is 4.31. The minimum absolute atomic E-state index is 0.0327. The molecule has 19 heavy (non-hydrogen) atoms. The predicted molar refractivity (Wildman–Crippen MR) is 78.7 cm³/mol. The second kappa shape index (κ2) is 6.80. The summed E-state index contributed by atoms with van der Waals surface area (Å²) in [5, 5.41) is 9.70. The number of amides is 1. The van der Waals surface area contributed by atoms with Crippen molar-refractivity contribution in [3.8, 4) is 11.5 Å². The molecule has 4 nitrogen and oxygen atoms in total. The summed E-state index contributed by atoms with van der Waals surface area (Å²) in [4.78, 5) is 13.5. The van der Waals surface area contributed by atoms with Gasteiger partial charge in [0, 0.05) is 13.6 Å². The number of benzene rings is 1. The molecule has 0 saturated carbocycles. The Kier molecular flexibility index (Phi) is 5.66. The van der Waals surface area contributed by atoms with E-state index in [0.717, 1.165) is 5.56 Å². The molecular weight excluding hydrogens is 310 g/mol. The highest BCUT2D eigenvalue weighted by atomic mass is 79.9. The second-order valence-electron chi connectivity index (χ2n) is 4.85. The Morgan fingerprint density at radius 2 is 2.11 bits per heavy atom. The standard InChI is InChI=1S/C14H20BrNO3/c1-9(2)13(15)14(18)16(3)8-10-5-6-12(19-4)11(17)7-10/h5-7,9,13,17H,8H2,1-4H3. The Morgan fingerprint density at radius 1 is 1.47 bits per heavy atom. The summed E-state index contributed by atoms with van der Waals surface area (Å²) in [6.45, 7) is 4.43. The van der Waals surface area contributed by atoms with Crippen molar-refractivity contribution >= 4 is 21.8 Å². The molecular formula is C14H20BrNO3. The van der Waals surface area contributed by atoms with Gasteiger partial charge < -0.3 is 14.7 Å². The molecule has 0 saturated heterocycles. The maximum absolute atomic E-state index is 12.1. The lowest BCUT2D eigenvalue weighted by Gasteiger charge is -2.22. The lowest BCUT2D eigenvalue weighted by Crippen LogP contribution is -2.35. The molecule has 1 rings (SSSR count). The van der Waals surface area contributed by atoms with E-state index in [9.17, 15) is 9.90 Å². The third kappa shape index (κ3) is 4.13. The number of rotatable bonds is 5.